The molecule has 1 aromatic rings. The van der Waals surface area contributed by atoms with Gasteiger partial charge in [0.2, 0.25) is 5.75 Å². The van der Waals surface area contributed by atoms with Gasteiger partial charge in [0.25, 0.3) is 0 Å². The van der Waals surface area contributed by atoms with Crippen molar-refractivity contribution in [1.29, 1.82) is 0 Å². The average Bonchev–Trinajstić information content (AvgIpc) is 2.40. The molecule has 0 bridgehead atoms. The van der Waals surface area contributed by atoms with Gasteiger partial charge >= 0.3 is 0 Å². The molecule has 5 heteroatoms. The maximum absolute atomic E-state index is 12.4. The largest absolute Gasteiger partial charge is 0.493 e. The molecule has 0 fully saturated rings. The topological polar surface area (TPSA) is 48.0 Å². The molecule has 1 atom stereocenters. The highest BCUT2D eigenvalue weighted by Crippen LogP contribution is 2.42. The van der Waals surface area contributed by atoms with E-state index in [1.165, 1.54) is 7.11 Å². The molecule has 0 N–H and O–H groups in total. The first-order valence-corrected chi connectivity index (χ1v) is 6.15. The molecule has 0 amide bonds. The highest BCUT2D eigenvalue weighted by molar-refractivity contribution is 6.02. The molecule has 1 aliphatic rings. The number of hydrogen-bond acceptors (Lipinski definition) is 5. The Morgan fingerprint density at radius 1 is 1.32 bits per heavy atom. The molecule has 1 heterocycles. The third-order valence-electron chi connectivity index (χ3n) is 3.15. The van der Waals surface area contributed by atoms with Crippen LogP contribution in [0.5, 0.6) is 17.2 Å². The number of carbonyl (C=O) groups is 1. The Bertz CT molecular complexity index is 485. The maximum atomic E-state index is 12.4. The Morgan fingerprint density at radius 3 is 2.63 bits per heavy atom. The van der Waals surface area contributed by atoms with Crippen LogP contribution in [0.1, 0.15) is 10.4 Å². The molecule has 1 aromatic carbocycles. The van der Waals surface area contributed by atoms with Crippen LogP contribution in [-0.4, -0.2) is 52.1 Å². The quantitative estimate of drug-likeness (QED) is 0.824. The third kappa shape index (κ3) is 2.51. The van der Waals surface area contributed by atoms with Gasteiger partial charge in [-0.25, -0.2) is 0 Å². The zero-order valence-electron chi connectivity index (χ0n) is 11.7. The van der Waals surface area contributed by atoms with Gasteiger partial charge < -0.3 is 19.1 Å². The molecular weight excluding hydrogens is 246 g/mol. The second kappa shape index (κ2) is 5.48. The van der Waals surface area contributed by atoms with Crippen molar-refractivity contribution in [3.63, 3.8) is 0 Å². The lowest BCUT2D eigenvalue weighted by molar-refractivity contribution is 0.0790. The summed E-state index contributed by atoms with van der Waals surface area (Å²) in [7, 11) is 6.98. The SMILES string of the molecule is COc1ccc2c(c1OC)OC[C@H](CN(C)C)C2=O. The minimum absolute atomic E-state index is 0.0934. The van der Waals surface area contributed by atoms with Gasteiger partial charge in [0, 0.05) is 6.54 Å². The first-order chi connectivity index (χ1) is 9.08. The molecule has 0 aliphatic carbocycles. The van der Waals surface area contributed by atoms with Gasteiger partial charge in [0.05, 0.1) is 32.3 Å². The number of fused-ring (bicyclic) bond motifs is 1. The van der Waals surface area contributed by atoms with Crippen LogP contribution in [0.2, 0.25) is 0 Å². The van der Waals surface area contributed by atoms with Gasteiger partial charge in [0.1, 0.15) is 0 Å². The second-order valence-corrected chi connectivity index (χ2v) is 4.81. The summed E-state index contributed by atoms with van der Waals surface area (Å²) in [5.74, 6) is 1.50. The van der Waals surface area contributed by atoms with E-state index in [4.69, 9.17) is 14.2 Å². The van der Waals surface area contributed by atoms with Crippen molar-refractivity contribution < 1.29 is 19.0 Å². The number of carbonyl (C=O) groups excluding carboxylic acids is 1. The Morgan fingerprint density at radius 2 is 2.05 bits per heavy atom. The first kappa shape index (κ1) is 13.7. The van der Waals surface area contributed by atoms with E-state index >= 15 is 0 Å². The zero-order chi connectivity index (χ0) is 14.0. The summed E-state index contributed by atoms with van der Waals surface area (Å²) >= 11 is 0. The number of ether oxygens (including phenoxy) is 3. The Kier molecular flexibility index (Phi) is 3.95. The van der Waals surface area contributed by atoms with Crippen LogP contribution in [0, 0.1) is 5.92 Å². The van der Waals surface area contributed by atoms with Gasteiger partial charge in [-0.1, -0.05) is 0 Å². The summed E-state index contributed by atoms with van der Waals surface area (Å²) in [5, 5.41) is 0. The third-order valence-corrected chi connectivity index (χ3v) is 3.15. The number of hydrogen-bond donors (Lipinski definition) is 0. The Balaban J connectivity index is 2.38. The average molecular weight is 265 g/mol. The number of ketones is 1. The minimum Gasteiger partial charge on any atom is -0.493 e. The summed E-state index contributed by atoms with van der Waals surface area (Å²) in [6.07, 6.45) is 0. The molecular formula is C14H19NO4. The molecule has 0 saturated heterocycles. The molecule has 104 valence electrons. The molecule has 0 unspecified atom stereocenters. The number of rotatable bonds is 4. The summed E-state index contributed by atoms with van der Waals surface area (Å²) in [5.41, 5.74) is 0.566. The van der Waals surface area contributed by atoms with Gasteiger partial charge in [-0.3, -0.25) is 4.79 Å². The molecule has 0 saturated carbocycles. The van der Waals surface area contributed by atoms with Crippen molar-refractivity contribution in [2.24, 2.45) is 5.92 Å². The lowest BCUT2D eigenvalue weighted by Gasteiger charge is -2.27. The van der Waals surface area contributed by atoms with Gasteiger partial charge in [-0.05, 0) is 26.2 Å². The van der Waals surface area contributed by atoms with E-state index in [0.717, 1.165) is 0 Å². The van der Waals surface area contributed by atoms with Crippen LogP contribution >= 0.6 is 0 Å². The van der Waals surface area contributed by atoms with E-state index in [9.17, 15) is 4.79 Å². The first-order valence-electron chi connectivity index (χ1n) is 6.15. The highest BCUT2D eigenvalue weighted by atomic mass is 16.5. The molecule has 0 radical (unpaired) electrons. The van der Waals surface area contributed by atoms with Gasteiger partial charge in [-0.2, -0.15) is 0 Å². The highest BCUT2D eigenvalue weighted by Gasteiger charge is 2.32. The number of nitrogens with zero attached hydrogens (tertiary/aromatic N) is 1. The van der Waals surface area contributed by atoms with Crippen molar-refractivity contribution in [3.8, 4) is 17.2 Å². The number of Topliss-reactive ketones (excluding diaryl/α,β-unsaturated/α-hetero) is 1. The summed E-state index contributed by atoms with van der Waals surface area (Å²) in [6, 6.07) is 3.47. The molecule has 2 rings (SSSR count). The summed E-state index contributed by atoms with van der Waals surface area (Å²) in [6.45, 7) is 1.04. The lowest BCUT2D eigenvalue weighted by atomic mass is 9.94. The van der Waals surface area contributed by atoms with Crippen molar-refractivity contribution >= 4 is 5.78 Å². The fourth-order valence-electron chi connectivity index (χ4n) is 2.29. The van der Waals surface area contributed by atoms with Crippen molar-refractivity contribution in [3.05, 3.63) is 17.7 Å². The summed E-state index contributed by atoms with van der Waals surface area (Å²) in [4.78, 5) is 14.4. The van der Waals surface area contributed by atoms with Crippen LogP contribution in [0.3, 0.4) is 0 Å². The Hall–Kier alpha value is -1.75. The van der Waals surface area contributed by atoms with Crippen LogP contribution in [0.25, 0.3) is 0 Å². The van der Waals surface area contributed by atoms with Crippen molar-refractivity contribution in [1.82, 2.24) is 4.90 Å². The molecule has 0 aromatic heterocycles. The Labute approximate surface area is 113 Å². The monoisotopic (exact) mass is 265 g/mol. The fraction of sp³-hybridized carbons (Fsp3) is 0.500. The van der Waals surface area contributed by atoms with Crippen molar-refractivity contribution in [2.45, 2.75) is 0 Å². The lowest BCUT2D eigenvalue weighted by Crippen LogP contribution is -2.35. The van der Waals surface area contributed by atoms with E-state index < -0.39 is 0 Å². The molecule has 0 spiro atoms. The molecule has 19 heavy (non-hydrogen) atoms. The predicted octanol–water partition coefficient (Wildman–Crippen LogP) is 1.46. The van der Waals surface area contributed by atoms with Crippen LogP contribution in [-0.2, 0) is 0 Å². The second-order valence-electron chi connectivity index (χ2n) is 4.81. The van der Waals surface area contributed by atoms with Crippen LogP contribution in [0.15, 0.2) is 12.1 Å². The van der Waals surface area contributed by atoms with Crippen LogP contribution < -0.4 is 14.2 Å². The normalized spacial score (nSPS) is 17.9. The number of methoxy groups -OCH3 is 2. The summed E-state index contributed by atoms with van der Waals surface area (Å²) < 4.78 is 16.2. The zero-order valence-corrected chi connectivity index (χ0v) is 11.7. The van der Waals surface area contributed by atoms with E-state index in [1.54, 1.807) is 19.2 Å². The van der Waals surface area contributed by atoms with E-state index in [2.05, 4.69) is 0 Å². The predicted molar refractivity (Wildman–Crippen MR) is 71.4 cm³/mol. The molecule has 5 nitrogen and oxygen atoms in total. The van der Waals surface area contributed by atoms with Gasteiger partial charge in [0.15, 0.2) is 17.3 Å². The van der Waals surface area contributed by atoms with E-state index in [-0.39, 0.29) is 11.7 Å². The standard InChI is InChI=1S/C14H19NO4/c1-15(2)7-9-8-19-13-10(12(9)16)5-6-11(17-3)14(13)18-4/h5-6,9H,7-8H2,1-4H3/t9-/m0/s1. The van der Waals surface area contributed by atoms with Gasteiger partial charge in [-0.15, -0.1) is 0 Å². The van der Waals surface area contributed by atoms with Crippen molar-refractivity contribution in [2.75, 3.05) is 41.5 Å². The fourth-order valence-corrected chi connectivity index (χ4v) is 2.29. The minimum atomic E-state index is -0.138. The molecule has 1 aliphatic heterocycles. The van der Waals surface area contributed by atoms with E-state index in [1.807, 2.05) is 19.0 Å². The maximum Gasteiger partial charge on any atom is 0.204 e. The smallest absolute Gasteiger partial charge is 0.204 e. The van der Waals surface area contributed by atoms with E-state index in [0.29, 0.717) is 36.0 Å². The number of benzene rings is 1. The van der Waals surface area contributed by atoms with Crippen LogP contribution in [0.4, 0.5) is 0 Å².